The number of pyridine rings is 2. The molecule has 4 aromatic rings. The predicted molar refractivity (Wildman–Crippen MR) is 104 cm³/mol. The fourth-order valence-electron chi connectivity index (χ4n) is 3.38. The van der Waals surface area contributed by atoms with E-state index < -0.39 is 5.92 Å². The number of halogens is 2. The van der Waals surface area contributed by atoms with Gasteiger partial charge in [-0.3, -0.25) is 20.0 Å². The molecule has 2 N–H and O–H groups in total. The number of aromatic nitrogens is 5. The molecule has 0 atom stereocenters. The van der Waals surface area contributed by atoms with Crippen LogP contribution in [-0.4, -0.2) is 48.5 Å². The van der Waals surface area contributed by atoms with Crippen molar-refractivity contribution in [3.63, 3.8) is 0 Å². The number of hydrogen-bond donors (Lipinski definition) is 2. The summed E-state index contributed by atoms with van der Waals surface area (Å²) in [5, 5.41) is 10.4. The third kappa shape index (κ3) is 3.29. The average Bonchev–Trinajstić information content (AvgIpc) is 3.28. The lowest BCUT2D eigenvalue weighted by Crippen LogP contribution is -2.38. The van der Waals surface area contributed by atoms with Crippen LogP contribution in [-0.2, 0) is 6.54 Å². The van der Waals surface area contributed by atoms with Crippen LogP contribution in [0.25, 0.3) is 21.3 Å². The van der Waals surface area contributed by atoms with Crippen LogP contribution in [0.3, 0.4) is 0 Å². The van der Waals surface area contributed by atoms with Gasteiger partial charge in [0.05, 0.1) is 27.8 Å². The minimum absolute atomic E-state index is 0.0950. The minimum Gasteiger partial charge on any atom is -0.336 e. The van der Waals surface area contributed by atoms with Crippen LogP contribution in [0, 0.1) is 0 Å². The Morgan fingerprint density at radius 2 is 2.07 bits per heavy atom. The van der Waals surface area contributed by atoms with E-state index in [4.69, 9.17) is 0 Å². The molecular formula is C18H17F2N7S. The SMILES string of the molecule is FC1(F)CCN(Cc2nsc3cc(Nc4n[nH]c5cccnc45)cnc23)CC1. The highest BCUT2D eigenvalue weighted by molar-refractivity contribution is 7.13. The summed E-state index contributed by atoms with van der Waals surface area (Å²) in [6.45, 7) is 1.31. The summed E-state index contributed by atoms with van der Waals surface area (Å²) in [6.07, 6.45) is 3.26. The molecular weight excluding hydrogens is 384 g/mol. The van der Waals surface area contributed by atoms with Crippen molar-refractivity contribution in [2.24, 2.45) is 0 Å². The van der Waals surface area contributed by atoms with Crippen molar-refractivity contribution in [2.45, 2.75) is 25.3 Å². The summed E-state index contributed by atoms with van der Waals surface area (Å²) in [4.78, 5) is 10.9. The fourth-order valence-corrected chi connectivity index (χ4v) is 4.17. The topological polar surface area (TPSA) is 82.6 Å². The highest BCUT2D eigenvalue weighted by Crippen LogP contribution is 2.31. The van der Waals surface area contributed by atoms with Crippen LogP contribution >= 0.6 is 11.5 Å². The number of alkyl halides is 2. The van der Waals surface area contributed by atoms with E-state index in [9.17, 15) is 8.78 Å². The molecule has 0 spiro atoms. The number of nitrogens with one attached hydrogen (secondary N) is 2. The van der Waals surface area contributed by atoms with Gasteiger partial charge in [-0.1, -0.05) is 0 Å². The van der Waals surface area contributed by atoms with Crippen molar-refractivity contribution in [1.29, 1.82) is 0 Å². The summed E-state index contributed by atoms with van der Waals surface area (Å²) >= 11 is 1.36. The van der Waals surface area contributed by atoms with E-state index in [0.717, 1.165) is 32.6 Å². The largest absolute Gasteiger partial charge is 0.336 e. The van der Waals surface area contributed by atoms with Crippen LogP contribution in [0.2, 0.25) is 0 Å². The summed E-state index contributed by atoms with van der Waals surface area (Å²) in [7, 11) is 0. The lowest BCUT2D eigenvalue weighted by atomic mass is 10.1. The van der Waals surface area contributed by atoms with Gasteiger partial charge >= 0.3 is 0 Å². The van der Waals surface area contributed by atoms with E-state index in [-0.39, 0.29) is 12.8 Å². The minimum atomic E-state index is -2.54. The number of hydrogen-bond acceptors (Lipinski definition) is 7. The van der Waals surface area contributed by atoms with Crippen LogP contribution in [0.15, 0.2) is 30.6 Å². The van der Waals surface area contributed by atoms with Crippen LogP contribution in [0.1, 0.15) is 18.5 Å². The molecule has 7 nitrogen and oxygen atoms in total. The van der Waals surface area contributed by atoms with Crippen molar-refractivity contribution in [1.82, 2.24) is 29.4 Å². The molecule has 0 radical (unpaired) electrons. The standard InChI is InChI=1S/C18H17F2N7S/c19-18(20)3-6-27(7-4-18)10-13-15-14(28-26-13)8-11(9-22-15)23-17-16-12(24-25-17)2-1-5-21-16/h1-2,5,8-9H,3-4,6-7,10H2,(H2,23,24,25). The molecule has 0 aromatic carbocycles. The van der Waals surface area contributed by atoms with Gasteiger partial charge in [0.15, 0.2) is 5.82 Å². The predicted octanol–water partition coefficient (Wildman–Crippen LogP) is 3.94. The monoisotopic (exact) mass is 401 g/mol. The third-order valence-corrected chi connectivity index (χ3v) is 5.74. The Morgan fingerprint density at radius 1 is 1.21 bits per heavy atom. The van der Waals surface area contributed by atoms with Gasteiger partial charge in [0.2, 0.25) is 0 Å². The lowest BCUT2D eigenvalue weighted by molar-refractivity contribution is -0.0567. The Morgan fingerprint density at radius 3 is 2.93 bits per heavy atom. The second kappa shape index (κ2) is 6.71. The normalized spacial score (nSPS) is 17.4. The molecule has 1 aliphatic heterocycles. The maximum atomic E-state index is 13.3. The fraction of sp³-hybridized carbons (Fsp3) is 0.333. The maximum Gasteiger partial charge on any atom is 0.250 e. The highest BCUT2D eigenvalue weighted by Gasteiger charge is 2.34. The molecule has 28 heavy (non-hydrogen) atoms. The summed E-state index contributed by atoms with van der Waals surface area (Å²) in [5.41, 5.74) is 4.06. The first-order valence-electron chi connectivity index (χ1n) is 8.98. The number of anilines is 2. The molecule has 0 saturated carbocycles. The van der Waals surface area contributed by atoms with Crippen LogP contribution < -0.4 is 5.32 Å². The number of rotatable bonds is 4. The average molecular weight is 401 g/mol. The van der Waals surface area contributed by atoms with Gasteiger partial charge in [0, 0.05) is 38.7 Å². The van der Waals surface area contributed by atoms with Gasteiger partial charge in [-0.2, -0.15) is 9.47 Å². The second-order valence-corrected chi connectivity index (χ2v) is 7.73. The molecule has 144 valence electrons. The number of nitrogens with zero attached hydrogens (tertiary/aromatic N) is 5. The first-order chi connectivity index (χ1) is 13.6. The van der Waals surface area contributed by atoms with E-state index in [1.165, 1.54) is 11.5 Å². The summed E-state index contributed by atoms with van der Waals surface area (Å²) in [5.74, 6) is -1.90. The van der Waals surface area contributed by atoms with Crippen molar-refractivity contribution < 1.29 is 8.78 Å². The number of H-pyrrole nitrogens is 1. The van der Waals surface area contributed by atoms with E-state index >= 15 is 0 Å². The first kappa shape index (κ1) is 17.4. The molecule has 5 heterocycles. The number of likely N-dealkylation sites (tertiary alicyclic amines) is 1. The highest BCUT2D eigenvalue weighted by atomic mass is 32.1. The van der Waals surface area contributed by atoms with Crippen molar-refractivity contribution >= 4 is 44.3 Å². The van der Waals surface area contributed by atoms with Gasteiger partial charge < -0.3 is 5.32 Å². The molecule has 0 amide bonds. The molecule has 1 fully saturated rings. The third-order valence-electron chi connectivity index (χ3n) is 4.92. The summed E-state index contributed by atoms with van der Waals surface area (Å²) in [6, 6.07) is 5.73. The molecule has 4 aromatic heterocycles. The molecule has 0 bridgehead atoms. The van der Waals surface area contributed by atoms with Crippen molar-refractivity contribution in [3.8, 4) is 0 Å². The number of piperidine rings is 1. The smallest absolute Gasteiger partial charge is 0.250 e. The van der Waals surface area contributed by atoms with Gasteiger partial charge in [0.25, 0.3) is 5.92 Å². The van der Waals surface area contributed by atoms with E-state index in [0.29, 0.717) is 25.5 Å². The van der Waals surface area contributed by atoms with Crippen LogP contribution in [0.5, 0.6) is 0 Å². The Hall–Kier alpha value is -2.72. The van der Waals surface area contributed by atoms with Crippen LogP contribution in [0.4, 0.5) is 20.3 Å². The van der Waals surface area contributed by atoms with Gasteiger partial charge in [-0.25, -0.2) is 8.78 Å². The van der Waals surface area contributed by atoms with Gasteiger partial charge in [-0.05, 0) is 29.7 Å². The van der Waals surface area contributed by atoms with Crippen molar-refractivity contribution in [3.05, 3.63) is 36.3 Å². The Kier molecular flexibility index (Phi) is 4.17. The first-order valence-corrected chi connectivity index (χ1v) is 9.75. The van der Waals surface area contributed by atoms with Gasteiger partial charge in [0.1, 0.15) is 11.0 Å². The zero-order valence-electron chi connectivity index (χ0n) is 14.8. The molecule has 1 aliphatic rings. The number of fused-ring (bicyclic) bond motifs is 2. The van der Waals surface area contributed by atoms with Gasteiger partial charge in [-0.15, -0.1) is 0 Å². The summed E-state index contributed by atoms with van der Waals surface area (Å²) < 4.78 is 32.1. The lowest BCUT2D eigenvalue weighted by Gasteiger charge is -2.31. The Balaban J connectivity index is 1.35. The molecule has 5 rings (SSSR count). The Bertz CT molecular complexity index is 1130. The number of aromatic amines is 1. The molecule has 0 unspecified atom stereocenters. The molecule has 10 heteroatoms. The second-order valence-electron chi connectivity index (χ2n) is 6.93. The molecule has 1 saturated heterocycles. The quantitative estimate of drug-likeness (QED) is 0.539. The molecule has 0 aliphatic carbocycles. The van der Waals surface area contributed by atoms with E-state index in [1.807, 2.05) is 23.1 Å². The zero-order chi connectivity index (χ0) is 19.1. The van der Waals surface area contributed by atoms with Crippen molar-refractivity contribution in [2.75, 3.05) is 18.4 Å². The van der Waals surface area contributed by atoms with E-state index in [2.05, 4.69) is 29.9 Å². The van der Waals surface area contributed by atoms with E-state index in [1.54, 1.807) is 12.4 Å². The Labute approximate surface area is 163 Å². The zero-order valence-corrected chi connectivity index (χ0v) is 15.6. The maximum absolute atomic E-state index is 13.3.